The molecule has 0 bridgehead atoms. The van der Waals surface area contributed by atoms with Crippen LogP contribution in [0.4, 0.5) is 26.6 Å². The second-order valence-corrected chi connectivity index (χ2v) is 6.53. The van der Waals surface area contributed by atoms with E-state index >= 15 is 0 Å². The zero-order valence-corrected chi connectivity index (χ0v) is 16.0. The SMILES string of the molecule is CCOC(=O)N1CCN(c2nc(C)cc(Nc3ccc(F)c(Cl)c3)n2)CC1. The van der Waals surface area contributed by atoms with Crippen LogP contribution in [0.3, 0.4) is 0 Å². The molecule has 27 heavy (non-hydrogen) atoms. The maximum Gasteiger partial charge on any atom is 0.409 e. The molecule has 0 atom stereocenters. The van der Waals surface area contributed by atoms with Crippen LogP contribution in [-0.2, 0) is 4.74 Å². The number of benzene rings is 1. The van der Waals surface area contributed by atoms with Crippen LogP contribution in [0.1, 0.15) is 12.6 Å². The van der Waals surface area contributed by atoms with Gasteiger partial charge in [-0.1, -0.05) is 11.6 Å². The van der Waals surface area contributed by atoms with Crippen molar-refractivity contribution in [3.05, 3.63) is 40.8 Å². The number of nitrogens with one attached hydrogen (secondary N) is 1. The van der Waals surface area contributed by atoms with E-state index in [0.717, 1.165) is 5.69 Å². The van der Waals surface area contributed by atoms with Gasteiger partial charge in [-0.05, 0) is 32.0 Å². The smallest absolute Gasteiger partial charge is 0.409 e. The van der Waals surface area contributed by atoms with Crippen molar-refractivity contribution in [2.75, 3.05) is 43.0 Å². The molecule has 1 saturated heterocycles. The highest BCUT2D eigenvalue weighted by atomic mass is 35.5. The van der Waals surface area contributed by atoms with Crippen LogP contribution in [0.25, 0.3) is 0 Å². The van der Waals surface area contributed by atoms with Gasteiger partial charge < -0.3 is 19.9 Å². The molecular weight excluding hydrogens is 373 g/mol. The molecule has 9 heteroatoms. The Kier molecular flexibility index (Phi) is 5.95. The third-order valence-electron chi connectivity index (χ3n) is 4.12. The number of carbonyl (C=O) groups excluding carboxylic acids is 1. The summed E-state index contributed by atoms with van der Waals surface area (Å²) in [6.45, 7) is 6.36. The van der Waals surface area contributed by atoms with E-state index in [1.807, 2.05) is 11.8 Å². The minimum absolute atomic E-state index is 0.0427. The molecule has 0 aliphatic carbocycles. The molecule has 1 aliphatic heterocycles. The topological polar surface area (TPSA) is 70.6 Å². The Hall–Kier alpha value is -2.61. The Bertz CT molecular complexity index is 827. The molecule has 1 aromatic carbocycles. The minimum atomic E-state index is -0.471. The highest BCUT2D eigenvalue weighted by Gasteiger charge is 2.23. The van der Waals surface area contributed by atoms with Gasteiger partial charge in [-0.25, -0.2) is 14.2 Å². The van der Waals surface area contributed by atoms with Gasteiger partial charge in [-0.3, -0.25) is 0 Å². The summed E-state index contributed by atoms with van der Waals surface area (Å²) in [4.78, 5) is 24.5. The first-order chi connectivity index (χ1) is 13.0. The summed E-state index contributed by atoms with van der Waals surface area (Å²) < 4.78 is 18.4. The van der Waals surface area contributed by atoms with Crippen molar-refractivity contribution in [3.63, 3.8) is 0 Å². The summed E-state index contributed by atoms with van der Waals surface area (Å²) in [5, 5.41) is 3.17. The van der Waals surface area contributed by atoms with Gasteiger partial charge >= 0.3 is 6.09 Å². The second kappa shape index (κ2) is 8.39. The normalized spacial score (nSPS) is 14.2. The van der Waals surface area contributed by atoms with Crippen molar-refractivity contribution >= 4 is 35.1 Å². The van der Waals surface area contributed by atoms with Crippen LogP contribution in [0, 0.1) is 12.7 Å². The largest absolute Gasteiger partial charge is 0.450 e. The molecule has 144 valence electrons. The van der Waals surface area contributed by atoms with E-state index in [9.17, 15) is 9.18 Å². The van der Waals surface area contributed by atoms with Gasteiger partial charge in [0.25, 0.3) is 0 Å². The first-order valence-corrected chi connectivity index (χ1v) is 9.08. The van der Waals surface area contributed by atoms with Crippen LogP contribution in [-0.4, -0.2) is 53.7 Å². The number of aryl methyl sites for hydroxylation is 1. The summed E-state index contributed by atoms with van der Waals surface area (Å²) in [7, 11) is 0. The number of nitrogens with zero attached hydrogens (tertiary/aromatic N) is 4. The Morgan fingerprint density at radius 1 is 1.26 bits per heavy atom. The van der Waals surface area contributed by atoms with Crippen LogP contribution >= 0.6 is 11.6 Å². The van der Waals surface area contributed by atoms with Gasteiger partial charge in [-0.15, -0.1) is 0 Å². The maximum atomic E-state index is 13.3. The molecular formula is C18H21ClFN5O2. The molecule has 3 rings (SSSR count). The van der Waals surface area contributed by atoms with Crippen molar-refractivity contribution in [2.24, 2.45) is 0 Å². The molecule has 0 spiro atoms. The van der Waals surface area contributed by atoms with Gasteiger partial charge in [0, 0.05) is 43.6 Å². The highest BCUT2D eigenvalue weighted by Crippen LogP contribution is 2.23. The number of aromatic nitrogens is 2. The number of halogens is 2. The van der Waals surface area contributed by atoms with E-state index < -0.39 is 5.82 Å². The number of piperazine rings is 1. The number of hydrogen-bond donors (Lipinski definition) is 1. The molecule has 1 aromatic heterocycles. The quantitative estimate of drug-likeness (QED) is 0.855. The average Bonchev–Trinajstić information content (AvgIpc) is 2.65. The predicted octanol–water partition coefficient (Wildman–Crippen LogP) is 3.60. The van der Waals surface area contributed by atoms with E-state index in [0.29, 0.717) is 50.2 Å². The summed E-state index contributed by atoms with van der Waals surface area (Å²) in [6, 6.07) is 6.20. The first-order valence-electron chi connectivity index (χ1n) is 8.70. The maximum absolute atomic E-state index is 13.3. The van der Waals surface area contributed by atoms with E-state index in [2.05, 4.69) is 15.3 Å². The van der Waals surface area contributed by atoms with Gasteiger partial charge in [-0.2, -0.15) is 4.98 Å². The van der Waals surface area contributed by atoms with Gasteiger partial charge in [0.05, 0.1) is 11.6 Å². The van der Waals surface area contributed by atoms with Crippen molar-refractivity contribution in [3.8, 4) is 0 Å². The summed E-state index contributed by atoms with van der Waals surface area (Å²) in [5.74, 6) is 0.698. The molecule has 0 unspecified atom stereocenters. The zero-order chi connectivity index (χ0) is 19.4. The summed E-state index contributed by atoms with van der Waals surface area (Å²) in [5.41, 5.74) is 1.43. The van der Waals surface area contributed by atoms with Gasteiger partial charge in [0.1, 0.15) is 11.6 Å². The highest BCUT2D eigenvalue weighted by molar-refractivity contribution is 6.31. The van der Waals surface area contributed by atoms with Crippen LogP contribution in [0.15, 0.2) is 24.3 Å². The average molecular weight is 394 g/mol. The molecule has 0 saturated carbocycles. The van der Waals surface area contributed by atoms with E-state index in [-0.39, 0.29) is 11.1 Å². The Balaban J connectivity index is 1.70. The molecule has 1 N–H and O–H groups in total. The van der Waals surface area contributed by atoms with Crippen molar-refractivity contribution in [1.82, 2.24) is 14.9 Å². The van der Waals surface area contributed by atoms with Crippen LogP contribution < -0.4 is 10.2 Å². The van der Waals surface area contributed by atoms with E-state index in [4.69, 9.17) is 16.3 Å². The second-order valence-electron chi connectivity index (χ2n) is 6.12. The number of carbonyl (C=O) groups is 1. The molecule has 1 amide bonds. The Morgan fingerprint density at radius 2 is 2.00 bits per heavy atom. The monoisotopic (exact) mass is 393 g/mol. The standard InChI is InChI=1S/C18H21ClFN5O2/c1-3-27-18(26)25-8-6-24(7-9-25)17-21-12(2)10-16(23-17)22-13-4-5-15(20)14(19)11-13/h4-5,10-11H,3,6-9H2,1-2H3,(H,21,22,23). The Morgan fingerprint density at radius 3 is 2.67 bits per heavy atom. The Labute approximate surface area is 162 Å². The molecule has 1 aliphatic rings. The number of hydrogen-bond acceptors (Lipinski definition) is 6. The fourth-order valence-electron chi connectivity index (χ4n) is 2.78. The first kappa shape index (κ1) is 19.2. The zero-order valence-electron chi connectivity index (χ0n) is 15.2. The third-order valence-corrected chi connectivity index (χ3v) is 4.41. The number of anilines is 3. The lowest BCUT2D eigenvalue weighted by Gasteiger charge is -2.34. The lowest BCUT2D eigenvalue weighted by atomic mass is 10.3. The molecule has 0 radical (unpaired) electrons. The number of amides is 1. The summed E-state index contributed by atoms with van der Waals surface area (Å²) in [6.07, 6.45) is -0.294. The van der Waals surface area contributed by atoms with Crippen molar-refractivity contribution in [2.45, 2.75) is 13.8 Å². The van der Waals surface area contributed by atoms with Crippen LogP contribution in [0.5, 0.6) is 0 Å². The van der Waals surface area contributed by atoms with Crippen molar-refractivity contribution in [1.29, 1.82) is 0 Å². The fourth-order valence-corrected chi connectivity index (χ4v) is 2.96. The van der Waals surface area contributed by atoms with Gasteiger partial charge in [0.15, 0.2) is 0 Å². The lowest BCUT2D eigenvalue weighted by molar-refractivity contribution is 0.105. The number of ether oxygens (including phenoxy) is 1. The summed E-state index contributed by atoms with van der Waals surface area (Å²) >= 11 is 5.83. The molecule has 2 aromatic rings. The fraction of sp³-hybridized carbons (Fsp3) is 0.389. The van der Waals surface area contributed by atoms with E-state index in [1.165, 1.54) is 12.1 Å². The lowest BCUT2D eigenvalue weighted by Crippen LogP contribution is -2.49. The third kappa shape index (κ3) is 4.77. The molecule has 2 heterocycles. The van der Waals surface area contributed by atoms with Gasteiger partial charge in [0.2, 0.25) is 5.95 Å². The minimum Gasteiger partial charge on any atom is -0.450 e. The van der Waals surface area contributed by atoms with E-state index in [1.54, 1.807) is 24.0 Å². The van der Waals surface area contributed by atoms with Crippen LogP contribution in [0.2, 0.25) is 5.02 Å². The predicted molar refractivity (Wildman–Crippen MR) is 102 cm³/mol. The molecule has 7 nitrogen and oxygen atoms in total. The van der Waals surface area contributed by atoms with Crippen molar-refractivity contribution < 1.29 is 13.9 Å². The number of rotatable bonds is 4. The molecule has 1 fully saturated rings.